The van der Waals surface area contributed by atoms with Crippen LogP contribution in [-0.2, 0) is 9.59 Å². The normalized spacial score (nSPS) is 16.6. The number of anilines is 1. The lowest BCUT2D eigenvalue weighted by Crippen LogP contribution is -2.46. The number of benzene rings is 1. The molecule has 2 rings (SSSR count). The van der Waals surface area contributed by atoms with Crippen molar-refractivity contribution in [3.63, 3.8) is 0 Å². The molecule has 1 aromatic carbocycles. The Balaban J connectivity index is 1.81. The van der Waals surface area contributed by atoms with E-state index in [0.717, 1.165) is 31.2 Å². The van der Waals surface area contributed by atoms with Gasteiger partial charge in [0.15, 0.2) is 0 Å². The fourth-order valence-electron chi connectivity index (χ4n) is 2.99. The number of hydrogen-bond acceptors (Lipinski definition) is 4. The van der Waals surface area contributed by atoms with Crippen LogP contribution in [0.5, 0.6) is 0 Å². The van der Waals surface area contributed by atoms with Gasteiger partial charge in [-0.1, -0.05) is 0 Å². The van der Waals surface area contributed by atoms with Crippen LogP contribution in [0.3, 0.4) is 0 Å². The molecule has 0 aliphatic carbocycles. The first kappa shape index (κ1) is 21.2. The molecule has 0 unspecified atom stereocenters. The third kappa shape index (κ3) is 7.60. The van der Waals surface area contributed by atoms with Crippen molar-refractivity contribution >= 4 is 17.5 Å². The second-order valence-corrected chi connectivity index (χ2v) is 7.88. The van der Waals surface area contributed by atoms with Crippen LogP contribution in [0.25, 0.3) is 0 Å². The quantitative estimate of drug-likeness (QED) is 0.816. The van der Waals surface area contributed by atoms with Crippen molar-refractivity contribution in [2.24, 2.45) is 0 Å². The molecule has 1 aromatic rings. The molecule has 0 saturated carbocycles. The monoisotopic (exact) mass is 382 g/mol. The average molecular weight is 382 g/mol. The first-order valence-corrected chi connectivity index (χ1v) is 9.13. The molecule has 0 aromatic heterocycles. The molecular formula is C19H28F2N4O2. The number of rotatable bonds is 5. The van der Waals surface area contributed by atoms with Crippen LogP contribution in [0.4, 0.5) is 14.5 Å². The molecule has 1 fully saturated rings. The molecule has 1 saturated heterocycles. The largest absolute Gasteiger partial charge is 0.350 e. The minimum atomic E-state index is -0.670. The summed E-state index contributed by atoms with van der Waals surface area (Å²) in [4.78, 5) is 28.2. The van der Waals surface area contributed by atoms with Gasteiger partial charge in [0, 0.05) is 24.7 Å². The predicted octanol–water partition coefficient (Wildman–Crippen LogP) is 1.83. The van der Waals surface area contributed by atoms with Crippen molar-refractivity contribution in [1.29, 1.82) is 0 Å². The summed E-state index contributed by atoms with van der Waals surface area (Å²) in [5.74, 6) is -1.68. The van der Waals surface area contributed by atoms with Crippen molar-refractivity contribution < 1.29 is 18.4 Å². The second kappa shape index (κ2) is 9.23. The first-order valence-electron chi connectivity index (χ1n) is 9.13. The van der Waals surface area contributed by atoms with Crippen LogP contribution >= 0.6 is 0 Å². The summed E-state index contributed by atoms with van der Waals surface area (Å²) >= 11 is 0. The van der Waals surface area contributed by atoms with Crippen molar-refractivity contribution in [3.05, 3.63) is 29.8 Å². The van der Waals surface area contributed by atoms with Crippen molar-refractivity contribution in [2.45, 2.75) is 32.7 Å². The third-order valence-electron chi connectivity index (χ3n) is 4.13. The Labute approximate surface area is 158 Å². The summed E-state index contributed by atoms with van der Waals surface area (Å²) < 4.78 is 26.8. The minimum absolute atomic E-state index is 0.0183. The Bertz CT molecular complexity index is 676. The van der Waals surface area contributed by atoms with Crippen molar-refractivity contribution in [1.82, 2.24) is 15.1 Å². The van der Waals surface area contributed by atoms with Gasteiger partial charge in [-0.25, -0.2) is 8.78 Å². The molecule has 150 valence electrons. The smallest absolute Gasteiger partial charge is 0.238 e. The van der Waals surface area contributed by atoms with Crippen LogP contribution < -0.4 is 10.6 Å². The van der Waals surface area contributed by atoms with Gasteiger partial charge in [0.25, 0.3) is 0 Å². The highest BCUT2D eigenvalue weighted by atomic mass is 19.1. The fraction of sp³-hybridized carbons (Fsp3) is 0.579. The van der Waals surface area contributed by atoms with Gasteiger partial charge < -0.3 is 10.6 Å². The van der Waals surface area contributed by atoms with E-state index < -0.39 is 17.5 Å². The molecule has 0 spiro atoms. The third-order valence-corrected chi connectivity index (χ3v) is 4.13. The highest BCUT2D eigenvalue weighted by Gasteiger charge is 2.21. The maximum atomic E-state index is 13.6. The van der Waals surface area contributed by atoms with E-state index in [9.17, 15) is 18.4 Å². The summed E-state index contributed by atoms with van der Waals surface area (Å²) in [5.41, 5.74) is -0.422. The summed E-state index contributed by atoms with van der Waals surface area (Å²) in [6.45, 7) is 9.01. The summed E-state index contributed by atoms with van der Waals surface area (Å²) in [7, 11) is 0. The fourth-order valence-corrected chi connectivity index (χ4v) is 2.99. The number of nitrogens with one attached hydrogen (secondary N) is 2. The summed E-state index contributed by atoms with van der Waals surface area (Å²) in [6, 6.07) is 2.95. The number of carbonyl (C=O) groups is 2. The van der Waals surface area contributed by atoms with Gasteiger partial charge in [0.1, 0.15) is 11.6 Å². The van der Waals surface area contributed by atoms with Gasteiger partial charge in [-0.05, 0) is 52.4 Å². The molecule has 2 N–H and O–H groups in total. The Kier molecular flexibility index (Phi) is 7.26. The molecule has 1 aliphatic rings. The molecule has 0 atom stereocenters. The number of halogens is 2. The topological polar surface area (TPSA) is 64.7 Å². The molecule has 6 nitrogen and oxygen atoms in total. The van der Waals surface area contributed by atoms with Gasteiger partial charge in [0.05, 0.1) is 18.8 Å². The lowest BCUT2D eigenvalue weighted by atomic mass is 10.1. The van der Waals surface area contributed by atoms with Crippen molar-refractivity contribution in [3.8, 4) is 0 Å². The molecule has 0 bridgehead atoms. The van der Waals surface area contributed by atoms with E-state index in [-0.39, 0.29) is 23.7 Å². The van der Waals surface area contributed by atoms with Crippen LogP contribution in [0.15, 0.2) is 18.2 Å². The number of amides is 2. The Hall–Kier alpha value is -2.06. The number of carbonyl (C=O) groups excluding carboxylic acids is 2. The molecule has 0 radical (unpaired) electrons. The Morgan fingerprint density at radius 1 is 1.00 bits per heavy atom. The molecule has 8 heteroatoms. The Morgan fingerprint density at radius 2 is 1.59 bits per heavy atom. The minimum Gasteiger partial charge on any atom is -0.350 e. The second-order valence-electron chi connectivity index (χ2n) is 7.88. The van der Waals surface area contributed by atoms with E-state index in [2.05, 4.69) is 15.5 Å². The van der Waals surface area contributed by atoms with E-state index in [0.29, 0.717) is 26.2 Å². The van der Waals surface area contributed by atoms with Crippen LogP contribution in [0.2, 0.25) is 0 Å². The van der Waals surface area contributed by atoms with Crippen LogP contribution in [0, 0.1) is 11.6 Å². The zero-order chi connectivity index (χ0) is 20.0. The van der Waals surface area contributed by atoms with Crippen LogP contribution in [-0.4, -0.2) is 66.4 Å². The summed E-state index contributed by atoms with van der Waals surface area (Å²) in [6.07, 6.45) is 0.824. The molecule has 27 heavy (non-hydrogen) atoms. The van der Waals surface area contributed by atoms with E-state index in [1.807, 2.05) is 25.7 Å². The zero-order valence-corrected chi connectivity index (χ0v) is 16.1. The molecular weight excluding hydrogens is 354 g/mol. The van der Waals surface area contributed by atoms with E-state index >= 15 is 0 Å². The predicted molar refractivity (Wildman–Crippen MR) is 100 cm³/mol. The Morgan fingerprint density at radius 3 is 2.19 bits per heavy atom. The maximum Gasteiger partial charge on any atom is 0.238 e. The van der Waals surface area contributed by atoms with E-state index in [1.54, 1.807) is 0 Å². The van der Waals surface area contributed by atoms with Gasteiger partial charge >= 0.3 is 0 Å². The maximum absolute atomic E-state index is 13.6. The van der Waals surface area contributed by atoms with Gasteiger partial charge in [0.2, 0.25) is 11.8 Å². The number of hydrogen-bond donors (Lipinski definition) is 2. The van der Waals surface area contributed by atoms with Gasteiger partial charge in [-0.2, -0.15) is 0 Å². The van der Waals surface area contributed by atoms with Gasteiger partial charge in [-0.15, -0.1) is 0 Å². The lowest BCUT2D eigenvalue weighted by molar-refractivity contribution is -0.123. The molecule has 1 heterocycles. The molecule has 1 aliphatic heterocycles. The van der Waals surface area contributed by atoms with E-state index in [1.165, 1.54) is 0 Å². The highest BCUT2D eigenvalue weighted by molar-refractivity contribution is 5.92. The van der Waals surface area contributed by atoms with Crippen molar-refractivity contribution in [2.75, 3.05) is 44.6 Å². The van der Waals surface area contributed by atoms with E-state index in [4.69, 9.17) is 0 Å². The first-order chi connectivity index (χ1) is 12.6. The highest BCUT2D eigenvalue weighted by Crippen LogP contribution is 2.15. The SMILES string of the molecule is CC(C)(C)NC(=O)CN1CCCN(CC(=O)Nc2cc(F)ccc2F)CC1. The molecule has 2 amide bonds. The number of nitrogens with zero attached hydrogens (tertiary/aromatic N) is 2. The zero-order valence-electron chi connectivity index (χ0n) is 16.1. The summed E-state index contributed by atoms with van der Waals surface area (Å²) in [5, 5.41) is 5.36. The van der Waals surface area contributed by atoms with Crippen LogP contribution in [0.1, 0.15) is 27.2 Å². The lowest BCUT2D eigenvalue weighted by Gasteiger charge is -2.25. The standard InChI is InChI=1S/C19H28F2N4O2/c1-19(2,3)23-18(27)13-25-8-4-7-24(9-10-25)12-17(26)22-16-11-14(20)5-6-15(16)21/h5-6,11H,4,7-10,12-13H2,1-3H3,(H,22,26)(H,23,27). The van der Waals surface area contributed by atoms with Gasteiger partial charge in [-0.3, -0.25) is 19.4 Å². The average Bonchev–Trinajstić information content (AvgIpc) is 2.74.